The van der Waals surface area contributed by atoms with E-state index in [2.05, 4.69) is 0 Å². The molecule has 0 saturated carbocycles. The van der Waals surface area contributed by atoms with Crippen molar-refractivity contribution < 1.29 is 19.5 Å². The first kappa shape index (κ1) is 17.9. The average Bonchev–Trinajstić information content (AvgIpc) is 2.90. The number of aliphatic hydroxyl groups is 1. The number of imide groups is 1. The van der Waals surface area contributed by atoms with Gasteiger partial charge in [0.15, 0.2) is 0 Å². The van der Waals surface area contributed by atoms with Crippen LogP contribution in [0.4, 0.5) is 10.5 Å². The molecule has 0 unspecified atom stereocenters. The standard InChI is InChI=1S/C18H22N2O4S/c21-11-9-13-6-4-5-10-19(13)16(22)12-15-17(23)20(18(24)25-15)14-7-2-1-3-8-14/h1-3,7-8,13,15,21H,4-6,9-12H2/t13-,15+/m1/s1. The van der Waals surface area contributed by atoms with Crippen molar-refractivity contribution in [2.75, 3.05) is 18.1 Å². The van der Waals surface area contributed by atoms with Crippen LogP contribution in [-0.2, 0) is 9.59 Å². The van der Waals surface area contributed by atoms with Crippen LogP contribution in [0.1, 0.15) is 32.1 Å². The summed E-state index contributed by atoms with van der Waals surface area (Å²) in [5.74, 6) is -0.433. The van der Waals surface area contributed by atoms with E-state index >= 15 is 0 Å². The minimum atomic E-state index is -0.670. The number of hydrogen-bond donors (Lipinski definition) is 1. The van der Waals surface area contributed by atoms with Crippen molar-refractivity contribution in [3.63, 3.8) is 0 Å². The van der Waals surface area contributed by atoms with Gasteiger partial charge in [0.05, 0.1) is 5.69 Å². The fourth-order valence-corrected chi connectivity index (χ4v) is 4.43. The first-order valence-electron chi connectivity index (χ1n) is 8.61. The lowest BCUT2D eigenvalue weighted by atomic mass is 9.99. The largest absolute Gasteiger partial charge is 0.396 e. The lowest BCUT2D eigenvalue weighted by molar-refractivity contribution is -0.136. The number of para-hydroxylation sites is 1. The monoisotopic (exact) mass is 362 g/mol. The molecule has 1 aromatic carbocycles. The van der Waals surface area contributed by atoms with Gasteiger partial charge in [0.2, 0.25) is 11.8 Å². The van der Waals surface area contributed by atoms with Crippen LogP contribution in [0.15, 0.2) is 30.3 Å². The van der Waals surface area contributed by atoms with Crippen LogP contribution in [0.25, 0.3) is 0 Å². The van der Waals surface area contributed by atoms with E-state index in [1.807, 2.05) is 6.07 Å². The van der Waals surface area contributed by atoms with Crippen LogP contribution in [0.2, 0.25) is 0 Å². The first-order valence-corrected chi connectivity index (χ1v) is 9.49. The number of rotatable bonds is 5. The number of amides is 3. The second kappa shape index (κ2) is 8.01. The number of nitrogens with zero attached hydrogens (tertiary/aromatic N) is 2. The predicted molar refractivity (Wildman–Crippen MR) is 96.4 cm³/mol. The topological polar surface area (TPSA) is 77.9 Å². The van der Waals surface area contributed by atoms with Gasteiger partial charge in [-0.3, -0.25) is 14.4 Å². The zero-order chi connectivity index (χ0) is 17.8. The summed E-state index contributed by atoms with van der Waals surface area (Å²) in [6, 6.07) is 8.82. The molecule has 6 nitrogen and oxygen atoms in total. The summed E-state index contributed by atoms with van der Waals surface area (Å²) < 4.78 is 0. The number of hydrogen-bond acceptors (Lipinski definition) is 5. The molecule has 2 heterocycles. The van der Waals surface area contributed by atoms with E-state index in [9.17, 15) is 19.5 Å². The number of aliphatic hydroxyl groups excluding tert-OH is 1. The molecule has 2 atom stereocenters. The van der Waals surface area contributed by atoms with E-state index in [0.29, 0.717) is 18.7 Å². The Morgan fingerprint density at radius 1 is 1.20 bits per heavy atom. The molecule has 0 spiro atoms. The number of likely N-dealkylation sites (tertiary alicyclic amines) is 1. The van der Waals surface area contributed by atoms with E-state index in [-0.39, 0.29) is 36.1 Å². The van der Waals surface area contributed by atoms with Gasteiger partial charge in [-0.1, -0.05) is 18.2 Å². The summed E-state index contributed by atoms with van der Waals surface area (Å²) in [5, 5.41) is 8.19. The molecule has 0 bridgehead atoms. The van der Waals surface area contributed by atoms with E-state index in [1.54, 1.807) is 29.2 Å². The lowest BCUT2D eigenvalue weighted by Gasteiger charge is -2.36. The lowest BCUT2D eigenvalue weighted by Crippen LogP contribution is -2.45. The Labute approximate surface area is 151 Å². The summed E-state index contributed by atoms with van der Waals surface area (Å²) >= 11 is 0.924. The summed E-state index contributed by atoms with van der Waals surface area (Å²) in [7, 11) is 0. The highest BCUT2D eigenvalue weighted by Gasteiger charge is 2.42. The average molecular weight is 362 g/mol. The molecule has 2 saturated heterocycles. The maximum Gasteiger partial charge on any atom is 0.293 e. The zero-order valence-corrected chi connectivity index (χ0v) is 14.8. The number of carbonyl (C=O) groups excluding carboxylic acids is 3. The SMILES string of the molecule is O=C1S[C@@H](CC(=O)N2CCCC[C@@H]2CCO)C(=O)N1c1ccccc1. The van der Waals surface area contributed by atoms with Gasteiger partial charge in [-0.15, -0.1) is 0 Å². The van der Waals surface area contributed by atoms with Crippen molar-refractivity contribution >= 4 is 34.5 Å². The smallest absolute Gasteiger partial charge is 0.293 e. The molecule has 1 aromatic rings. The minimum absolute atomic E-state index is 0.0283. The van der Waals surface area contributed by atoms with Crippen LogP contribution < -0.4 is 4.90 Å². The van der Waals surface area contributed by atoms with Crippen LogP contribution in [0.5, 0.6) is 0 Å². The fraction of sp³-hybridized carbons (Fsp3) is 0.500. The van der Waals surface area contributed by atoms with Crippen molar-refractivity contribution in [1.29, 1.82) is 0 Å². The number of benzene rings is 1. The zero-order valence-electron chi connectivity index (χ0n) is 14.0. The van der Waals surface area contributed by atoms with Gasteiger partial charge in [0, 0.05) is 25.6 Å². The maximum atomic E-state index is 12.7. The van der Waals surface area contributed by atoms with Crippen molar-refractivity contribution in [2.24, 2.45) is 0 Å². The number of piperidine rings is 1. The molecule has 0 aromatic heterocycles. The molecular formula is C18H22N2O4S. The quantitative estimate of drug-likeness (QED) is 0.870. The maximum absolute atomic E-state index is 12.7. The first-order chi connectivity index (χ1) is 12.1. The second-order valence-electron chi connectivity index (χ2n) is 6.33. The predicted octanol–water partition coefficient (Wildman–Crippen LogP) is 2.41. The summed E-state index contributed by atoms with van der Waals surface area (Å²) in [6.07, 6.45) is 3.46. The minimum Gasteiger partial charge on any atom is -0.396 e. The van der Waals surface area contributed by atoms with Crippen molar-refractivity contribution in [2.45, 2.75) is 43.4 Å². The molecule has 2 aliphatic heterocycles. The van der Waals surface area contributed by atoms with Gasteiger partial charge >= 0.3 is 0 Å². The summed E-state index contributed by atoms with van der Waals surface area (Å²) in [4.78, 5) is 40.5. The van der Waals surface area contributed by atoms with Crippen molar-refractivity contribution in [1.82, 2.24) is 4.90 Å². The number of thioether (sulfide) groups is 1. The van der Waals surface area contributed by atoms with E-state index in [4.69, 9.17) is 0 Å². The Kier molecular flexibility index (Phi) is 5.75. The molecule has 134 valence electrons. The van der Waals surface area contributed by atoms with E-state index < -0.39 is 5.25 Å². The molecule has 3 rings (SSSR count). The third-order valence-corrected chi connectivity index (χ3v) is 5.74. The Morgan fingerprint density at radius 3 is 2.68 bits per heavy atom. The van der Waals surface area contributed by atoms with Gasteiger partial charge in [0.1, 0.15) is 5.25 Å². The molecule has 0 aliphatic carbocycles. The van der Waals surface area contributed by atoms with Crippen LogP contribution in [0, 0.1) is 0 Å². The molecule has 1 N–H and O–H groups in total. The van der Waals surface area contributed by atoms with E-state index in [1.165, 1.54) is 0 Å². The number of anilines is 1. The highest BCUT2D eigenvalue weighted by Crippen LogP contribution is 2.34. The highest BCUT2D eigenvalue weighted by atomic mass is 32.2. The summed E-state index contributed by atoms with van der Waals surface area (Å²) in [6.45, 7) is 0.706. The van der Waals surface area contributed by atoms with E-state index in [0.717, 1.165) is 35.9 Å². The van der Waals surface area contributed by atoms with Gasteiger partial charge < -0.3 is 10.0 Å². The molecular weight excluding hydrogens is 340 g/mol. The van der Waals surface area contributed by atoms with Gasteiger partial charge in [0.25, 0.3) is 5.24 Å². The second-order valence-corrected chi connectivity index (χ2v) is 7.49. The molecule has 25 heavy (non-hydrogen) atoms. The van der Waals surface area contributed by atoms with Crippen molar-refractivity contribution in [3.05, 3.63) is 30.3 Å². The van der Waals surface area contributed by atoms with Crippen LogP contribution >= 0.6 is 11.8 Å². The molecule has 7 heteroatoms. The highest BCUT2D eigenvalue weighted by molar-refractivity contribution is 8.15. The Bertz CT molecular complexity index is 650. The Morgan fingerprint density at radius 2 is 1.96 bits per heavy atom. The molecule has 2 fully saturated rings. The van der Waals surface area contributed by atoms with Crippen molar-refractivity contribution in [3.8, 4) is 0 Å². The molecule has 2 aliphatic rings. The van der Waals surface area contributed by atoms with Gasteiger partial charge in [-0.2, -0.15) is 0 Å². The van der Waals surface area contributed by atoms with Gasteiger partial charge in [-0.05, 0) is 49.6 Å². The van der Waals surface area contributed by atoms with Crippen LogP contribution in [-0.4, -0.2) is 51.5 Å². The normalized spacial score (nSPS) is 24.0. The number of carbonyl (C=O) groups is 3. The van der Waals surface area contributed by atoms with Crippen LogP contribution in [0.3, 0.4) is 0 Å². The van der Waals surface area contributed by atoms with Gasteiger partial charge in [-0.25, -0.2) is 4.90 Å². The third-order valence-electron chi connectivity index (χ3n) is 4.71. The molecule has 3 amide bonds. The molecule has 0 radical (unpaired) electrons. The Hall–Kier alpha value is -1.86. The third kappa shape index (κ3) is 3.88. The summed E-state index contributed by atoms with van der Waals surface area (Å²) in [5.41, 5.74) is 0.538. The Balaban J connectivity index is 1.67. The fourth-order valence-electron chi connectivity index (χ4n) is 3.45.